The van der Waals surface area contributed by atoms with Crippen LogP contribution in [0.25, 0.3) is 0 Å². The topological polar surface area (TPSA) is 58.6 Å². The van der Waals surface area contributed by atoms with E-state index in [1.807, 2.05) is 32.0 Å². The molecule has 0 aliphatic carbocycles. The maximum atomic E-state index is 11.1. The van der Waals surface area contributed by atoms with Gasteiger partial charge in [0, 0.05) is 6.42 Å². The number of likely N-dealkylation sites (N-methyl/N-ethyl adjacent to an activating group) is 1. The first kappa shape index (κ1) is 14.5. The maximum Gasteiger partial charge on any atom is 0.323 e. The molecule has 1 atom stereocenters. The van der Waals surface area contributed by atoms with Crippen LogP contribution in [-0.2, 0) is 4.79 Å². The van der Waals surface area contributed by atoms with Crippen molar-refractivity contribution in [2.24, 2.45) is 0 Å². The summed E-state index contributed by atoms with van der Waals surface area (Å²) in [7, 11) is 1.64. The Kier molecular flexibility index (Phi) is 4.73. The highest BCUT2D eigenvalue weighted by Gasteiger charge is 2.30. The fraction of sp³-hybridized carbons (Fsp3) is 0.500. The Balaban J connectivity index is 2.61. The highest BCUT2D eigenvalue weighted by molar-refractivity contribution is 5.78. The highest BCUT2D eigenvalue weighted by Crippen LogP contribution is 2.21. The number of rotatable bonds is 6. The van der Waals surface area contributed by atoms with Crippen LogP contribution in [0.3, 0.4) is 0 Å². The lowest BCUT2D eigenvalue weighted by Gasteiger charge is -2.24. The fourth-order valence-electron chi connectivity index (χ4n) is 1.58. The van der Waals surface area contributed by atoms with E-state index in [9.17, 15) is 4.79 Å². The molecule has 0 aliphatic rings. The van der Waals surface area contributed by atoms with Crippen molar-refractivity contribution in [2.75, 3.05) is 13.7 Å². The zero-order chi connectivity index (χ0) is 13.8. The van der Waals surface area contributed by atoms with E-state index in [0.717, 1.165) is 11.3 Å². The van der Waals surface area contributed by atoms with Gasteiger partial charge in [-0.3, -0.25) is 4.79 Å². The van der Waals surface area contributed by atoms with Crippen LogP contribution in [0.5, 0.6) is 5.75 Å². The molecular formula is C14H21NO3. The Morgan fingerprint density at radius 1 is 1.44 bits per heavy atom. The van der Waals surface area contributed by atoms with Crippen molar-refractivity contribution in [1.29, 1.82) is 0 Å². The first-order chi connectivity index (χ1) is 8.40. The van der Waals surface area contributed by atoms with Crippen molar-refractivity contribution in [3.8, 4) is 5.75 Å². The molecule has 0 heterocycles. The van der Waals surface area contributed by atoms with Gasteiger partial charge in [-0.15, -0.1) is 0 Å². The summed E-state index contributed by atoms with van der Waals surface area (Å²) in [5, 5.41) is 11.9. The first-order valence-electron chi connectivity index (χ1n) is 6.02. The van der Waals surface area contributed by atoms with Gasteiger partial charge in [-0.25, -0.2) is 0 Å². The summed E-state index contributed by atoms with van der Waals surface area (Å²) in [4.78, 5) is 11.1. The molecule has 4 heteroatoms. The van der Waals surface area contributed by atoms with E-state index in [4.69, 9.17) is 9.84 Å². The summed E-state index contributed by atoms with van der Waals surface area (Å²) in [6.07, 6.45) is 0.409. The van der Waals surface area contributed by atoms with Crippen LogP contribution in [0.4, 0.5) is 0 Å². The Bertz CT molecular complexity index is 431. The summed E-state index contributed by atoms with van der Waals surface area (Å²) >= 11 is 0. The molecule has 0 saturated heterocycles. The minimum atomic E-state index is -0.947. The molecule has 0 spiro atoms. The van der Waals surface area contributed by atoms with Crippen LogP contribution in [0.15, 0.2) is 18.2 Å². The van der Waals surface area contributed by atoms with Crippen molar-refractivity contribution in [1.82, 2.24) is 5.32 Å². The average molecular weight is 251 g/mol. The third-order valence-corrected chi connectivity index (χ3v) is 3.44. The molecule has 1 aromatic rings. The number of aryl methyl sites for hydroxylation is 1. The van der Waals surface area contributed by atoms with Crippen molar-refractivity contribution in [3.63, 3.8) is 0 Å². The van der Waals surface area contributed by atoms with Crippen molar-refractivity contribution in [3.05, 3.63) is 29.3 Å². The van der Waals surface area contributed by atoms with E-state index in [0.29, 0.717) is 13.0 Å². The van der Waals surface area contributed by atoms with Crippen LogP contribution in [0, 0.1) is 13.8 Å². The van der Waals surface area contributed by atoms with Crippen LogP contribution < -0.4 is 10.1 Å². The highest BCUT2D eigenvalue weighted by atomic mass is 16.5. The lowest BCUT2D eigenvalue weighted by atomic mass is 9.99. The molecule has 0 amide bonds. The van der Waals surface area contributed by atoms with Gasteiger partial charge in [0.05, 0.1) is 6.61 Å². The number of aliphatic carboxylic acids is 1. The van der Waals surface area contributed by atoms with E-state index in [1.54, 1.807) is 14.0 Å². The molecule has 0 aliphatic heterocycles. The number of benzene rings is 1. The van der Waals surface area contributed by atoms with Gasteiger partial charge < -0.3 is 15.2 Å². The van der Waals surface area contributed by atoms with E-state index in [2.05, 4.69) is 5.32 Å². The largest absolute Gasteiger partial charge is 0.493 e. The summed E-state index contributed by atoms with van der Waals surface area (Å²) in [5.74, 6) is -0.0478. The van der Waals surface area contributed by atoms with Gasteiger partial charge in [0.15, 0.2) is 0 Å². The van der Waals surface area contributed by atoms with E-state index in [1.165, 1.54) is 5.56 Å². The van der Waals surface area contributed by atoms with Crippen molar-refractivity contribution in [2.45, 2.75) is 32.7 Å². The van der Waals surface area contributed by atoms with Crippen LogP contribution in [-0.4, -0.2) is 30.3 Å². The lowest BCUT2D eigenvalue weighted by Crippen LogP contribution is -2.48. The maximum absolute atomic E-state index is 11.1. The predicted octanol–water partition coefficient (Wildman–Crippen LogP) is 2.14. The molecule has 0 radical (unpaired) electrons. The smallest absolute Gasteiger partial charge is 0.323 e. The molecule has 4 nitrogen and oxygen atoms in total. The second-order valence-corrected chi connectivity index (χ2v) is 4.68. The summed E-state index contributed by atoms with van der Waals surface area (Å²) in [6, 6.07) is 5.86. The Labute approximate surface area is 108 Å². The number of ether oxygens (including phenoxy) is 1. The predicted molar refractivity (Wildman–Crippen MR) is 71.1 cm³/mol. The zero-order valence-corrected chi connectivity index (χ0v) is 11.4. The fourth-order valence-corrected chi connectivity index (χ4v) is 1.58. The minimum Gasteiger partial charge on any atom is -0.493 e. The Hall–Kier alpha value is -1.55. The molecule has 2 N–H and O–H groups in total. The second-order valence-electron chi connectivity index (χ2n) is 4.68. The number of carbonyl (C=O) groups is 1. The van der Waals surface area contributed by atoms with E-state index in [-0.39, 0.29) is 0 Å². The van der Waals surface area contributed by atoms with Gasteiger partial charge in [0.25, 0.3) is 0 Å². The number of hydrogen-bond donors (Lipinski definition) is 2. The van der Waals surface area contributed by atoms with Gasteiger partial charge >= 0.3 is 5.97 Å². The molecular weight excluding hydrogens is 230 g/mol. The monoisotopic (exact) mass is 251 g/mol. The van der Waals surface area contributed by atoms with Crippen LogP contribution in [0.1, 0.15) is 24.5 Å². The van der Waals surface area contributed by atoms with Gasteiger partial charge in [-0.2, -0.15) is 0 Å². The molecule has 0 aromatic heterocycles. The van der Waals surface area contributed by atoms with E-state index >= 15 is 0 Å². The summed E-state index contributed by atoms with van der Waals surface area (Å²) in [5.41, 5.74) is 1.32. The molecule has 0 fully saturated rings. The van der Waals surface area contributed by atoms with Crippen LogP contribution in [0.2, 0.25) is 0 Å². The van der Waals surface area contributed by atoms with E-state index < -0.39 is 11.5 Å². The number of carboxylic acids is 1. The molecule has 0 bridgehead atoms. The summed E-state index contributed by atoms with van der Waals surface area (Å²) < 4.78 is 5.66. The molecule has 0 saturated carbocycles. The standard InChI is InChI=1S/C14H21NO3/c1-10-6-5-7-12(11(10)2)18-9-8-14(3,15-4)13(16)17/h5-7,15H,8-9H2,1-4H3,(H,16,17). The van der Waals surface area contributed by atoms with Gasteiger partial charge in [-0.05, 0) is 45.0 Å². The number of nitrogens with one attached hydrogen (secondary N) is 1. The quantitative estimate of drug-likeness (QED) is 0.813. The SMILES string of the molecule is CNC(C)(CCOc1cccc(C)c1C)C(=O)O. The Morgan fingerprint density at radius 2 is 2.11 bits per heavy atom. The molecule has 18 heavy (non-hydrogen) atoms. The Morgan fingerprint density at radius 3 is 2.67 bits per heavy atom. The normalized spacial score (nSPS) is 14.0. The van der Waals surface area contributed by atoms with Crippen molar-refractivity contribution >= 4 is 5.97 Å². The van der Waals surface area contributed by atoms with Crippen molar-refractivity contribution < 1.29 is 14.6 Å². The third-order valence-electron chi connectivity index (χ3n) is 3.44. The molecule has 1 aromatic carbocycles. The third kappa shape index (κ3) is 3.23. The summed E-state index contributed by atoms with van der Waals surface area (Å²) in [6.45, 7) is 6.05. The van der Waals surface area contributed by atoms with Gasteiger partial charge in [0.2, 0.25) is 0 Å². The van der Waals surface area contributed by atoms with Gasteiger partial charge in [0.1, 0.15) is 11.3 Å². The average Bonchev–Trinajstić information content (AvgIpc) is 2.34. The first-order valence-corrected chi connectivity index (χ1v) is 6.02. The lowest BCUT2D eigenvalue weighted by molar-refractivity contribution is -0.144. The molecule has 100 valence electrons. The molecule has 1 unspecified atom stereocenters. The second kappa shape index (κ2) is 5.87. The van der Waals surface area contributed by atoms with Gasteiger partial charge in [-0.1, -0.05) is 12.1 Å². The minimum absolute atomic E-state index is 0.369. The molecule has 1 rings (SSSR count). The number of hydrogen-bond acceptors (Lipinski definition) is 3. The zero-order valence-electron chi connectivity index (χ0n) is 11.4. The number of carboxylic acid groups (broad SMARTS) is 1. The van der Waals surface area contributed by atoms with Crippen LogP contribution >= 0.6 is 0 Å².